The zero-order chi connectivity index (χ0) is 22.9. The minimum absolute atomic E-state index is 0.0190. The van der Waals surface area contributed by atoms with Gasteiger partial charge in [-0.15, -0.1) is 0 Å². The highest BCUT2D eigenvalue weighted by Gasteiger charge is 2.41. The van der Waals surface area contributed by atoms with E-state index in [1.807, 2.05) is 31.2 Å². The zero-order valence-electron chi connectivity index (χ0n) is 18.7. The summed E-state index contributed by atoms with van der Waals surface area (Å²) < 4.78 is 7.94. The highest BCUT2D eigenvalue weighted by atomic mass is 16.5. The first kappa shape index (κ1) is 22.0. The molecule has 0 bridgehead atoms. The van der Waals surface area contributed by atoms with Crippen LogP contribution in [0.25, 0.3) is 11.2 Å². The number of amides is 1. The zero-order valence-corrected chi connectivity index (χ0v) is 18.7. The minimum atomic E-state index is -0.574. The van der Waals surface area contributed by atoms with Gasteiger partial charge in [-0.3, -0.25) is 18.7 Å². The normalized spacial score (nSPS) is 15.7. The molecule has 32 heavy (non-hydrogen) atoms. The van der Waals surface area contributed by atoms with Crippen LogP contribution in [0.4, 0.5) is 0 Å². The Kier molecular flexibility index (Phi) is 6.01. The molecule has 0 spiro atoms. The van der Waals surface area contributed by atoms with Crippen LogP contribution in [0.3, 0.4) is 0 Å². The first-order valence-corrected chi connectivity index (χ1v) is 10.9. The molecule has 1 aliphatic heterocycles. The summed E-state index contributed by atoms with van der Waals surface area (Å²) >= 11 is 0. The highest BCUT2D eigenvalue weighted by molar-refractivity contribution is 5.88. The van der Waals surface area contributed by atoms with Crippen LogP contribution in [0, 0.1) is 6.92 Å². The van der Waals surface area contributed by atoms with Crippen molar-refractivity contribution in [2.45, 2.75) is 38.0 Å². The summed E-state index contributed by atoms with van der Waals surface area (Å²) in [6, 6.07) is 8.16. The average molecular weight is 440 g/mol. The number of imidazole rings is 1. The second kappa shape index (κ2) is 8.74. The van der Waals surface area contributed by atoms with Crippen molar-refractivity contribution < 1.29 is 9.53 Å². The van der Waals surface area contributed by atoms with E-state index in [2.05, 4.69) is 15.3 Å². The van der Waals surface area contributed by atoms with E-state index < -0.39 is 16.7 Å². The van der Waals surface area contributed by atoms with E-state index in [0.717, 1.165) is 15.7 Å². The van der Waals surface area contributed by atoms with E-state index >= 15 is 0 Å². The second-order valence-electron chi connectivity index (χ2n) is 8.51. The Balaban J connectivity index is 1.43. The number of rotatable bonds is 6. The van der Waals surface area contributed by atoms with Gasteiger partial charge in [-0.2, -0.15) is 0 Å². The smallest absolute Gasteiger partial charge is 0.332 e. The van der Waals surface area contributed by atoms with Crippen LogP contribution in [0.1, 0.15) is 36.2 Å². The predicted molar refractivity (Wildman–Crippen MR) is 121 cm³/mol. The summed E-state index contributed by atoms with van der Waals surface area (Å²) in [5.74, 6) is 0.636. The third kappa shape index (κ3) is 3.88. The van der Waals surface area contributed by atoms with Crippen molar-refractivity contribution in [3.05, 3.63) is 62.1 Å². The van der Waals surface area contributed by atoms with Gasteiger partial charge in [-0.05, 0) is 31.7 Å². The number of fused-ring (bicyclic) bond motifs is 1. The first-order chi connectivity index (χ1) is 15.3. The molecule has 3 heterocycles. The molecule has 0 unspecified atom stereocenters. The monoisotopic (exact) mass is 439 g/mol. The Morgan fingerprint density at radius 2 is 1.84 bits per heavy atom. The maximum Gasteiger partial charge on any atom is 0.332 e. The fourth-order valence-electron chi connectivity index (χ4n) is 4.36. The van der Waals surface area contributed by atoms with Crippen LogP contribution in [0.2, 0.25) is 0 Å². The lowest BCUT2D eigenvalue weighted by Crippen LogP contribution is -2.48. The number of aromatic amines is 1. The topological polar surface area (TPSA) is 111 Å². The van der Waals surface area contributed by atoms with Crippen LogP contribution in [-0.4, -0.2) is 44.8 Å². The number of benzene rings is 1. The summed E-state index contributed by atoms with van der Waals surface area (Å²) in [7, 11) is 3.04. The molecule has 9 heteroatoms. The lowest BCUT2D eigenvalue weighted by molar-refractivity contribution is -0.130. The third-order valence-corrected chi connectivity index (χ3v) is 6.40. The molecule has 2 aromatic heterocycles. The van der Waals surface area contributed by atoms with Gasteiger partial charge in [0.05, 0.1) is 5.41 Å². The molecule has 0 aliphatic carbocycles. The second-order valence-corrected chi connectivity index (χ2v) is 8.51. The molecular weight excluding hydrogens is 410 g/mol. The van der Waals surface area contributed by atoms with E-state index in [0.29, 0.717) is 62.4 Å². The lowest BCUT2D eigenvalue weighted by atomic mass is 9.73. The van der Waals surface area contributed by atoms with E-state index in [4.69, 9.17) is 4.74 Å². The van der Waals surface area contributed by atoms with Crippen LogP contribution < -0.4 is 16.6 Å². The van der Waals surface area contributed by atoms with Crippen molar-refractivity contribution in [2.75, 3.05) is 19.8 Å². The highest BCUT2D eigenvalue weighted by Crippen LogP contribution is 2.35. The molecule has 1 aromatic carbocycles. The molecule has 2 N–H and O–H groups in total. The third-order valence-electron chi connectivity index (χ3n) is 6.40. The minimum Gasteiger partial charge on any atom is -0.381 e. The van der Waals surface area contributed by atoms with Crippen LogP contribution in [-0.2, 0) is 35.5 Å². The Bertz CT molecular complexity index is 1250. The molecule has 0 atom stereocenters. The molecule has 170 valence electrons. The van der Waals surface area contributed by atoms with Gasteiger partial charge in [0, 0.05) is 40.3 Å². The van der Waals surface area contributed by atoms with Gasteiger partial charge in [-0.25, -0.2) is 9.78 Å². The molecule has 0 saturated carbocycles. The maximum atomic E-state index is 13.2. The number of hydrogen-bond donors (Lipinski definition) is 2. The molecule has 3 aromatic rings. The van der Waals surface area contributed by atoms with Crippen LogP contribution in [0.15, 0.2) is 33.9 Å². The fourth-order valence-corrected chi connectivity index (χ4v) is 4.36. The summed E-state index contributed by atoms with van der Waals surface area (Å²) in [5.41, 5.74) is 1.47. The number of nitrogens with one attached hydrogen (secondary N) is 2. The number of carbonyl (C=O) groups excluding carboxylic acids is 1. The molecular formula is C23H29N5O4. The molecule has 9 nitrogen and oxygen atoms in total. The summed E-state index contributed by atoms with van der Waals surface area (Å²) in [4.78, 5) is 45.1. The predicted octanol–water partition coefficient (Wildman–Crippen LogP) is 1.07. The van der Waals surface area contributed by atoms with Gasteiger partial charge in [0.15, 0.2) is 5.65 Å². The quantitative estimate of drug-likeness (QED) is 0.558. The number of carbonyl (C=O) groups is 1. The number of aryl methyl sites for hydroxylation is 3. The fraction of sp³-hybridized carbons (Fsp3) is 0.478. The standard InChI is InChI=1S/C23H29N5O4/c1-15-6-8-16(9-7-15)23(10-13-32-14-11-23)21(30)24-12-4-5-17-25-18-19(26-17)27(2)22(31)28(3)20(18)29/h6-9H,4-5,10-14H2,1-3H3,(H,24,30)(H,25,26). The molecule has 1 aliphatic rings. The van der Waals surface area contributed by atoms with Gasteiger partial charge in [0.1, 0.15) is 11.3 Å². The number of nitrogens with zero attached hydrogens (tertiary/aromatic N) is 3. The van der Waals surface area contributed by atoms with Gasteiger partial charge in [0.25, 0.3) is 5.56 Å². The van der Waals surface area contributed by atoms with Crippen molar-refractivity contribution >= 4 is 17.1 Å². The SMILES string of the molecule is Cc1ccc(C2(C(=O)NCCCc3nc4c([nH]3)c(=O)n(C)c(=O)n4C)CCOCC2)cc1. The van der Waals surface area contributed by atoms with Gasteiger partial charge >= 0.3 is 5.69 Å². The van der Waals surface area contributed by atoms with E-state index in [-0.39, 0.29) is 5.91 Å². The first-order valence-electron chi connectivity index (χ1n) is 10.9. The van der Waals surface area contributed by atoms with Crippen molar-refractivity contribution in [1.82, 2.24) is 24.4 Å². The van der Waals surface area contributed by atoms with E-state index in [9.17, 15) is 14.4 Å². The number of hydrogen-bond acceptors (Lipinski definition) is 5. The van der Waals surface area contributed by atoms with Gasteiger partial charge in [-0.1, -0.05) is 29.8 Å². The maximum absolute atomic E-state index is 13.2. The summed E-state index contributed by atoms with van der Waals surface area (Å²) in [6.07, 6.45) is 2.51. The van der Waals surface area contributed by atoms with Crippen molar-refractivity contribution in [2.24, 2.45) is 14.1 Å². The summed E-state index contributed by atoms with van der Waals surface area (Å²) in [6.45, 7) is 3.65. The van der Waals surface area contributed by atoms with Crippen LogP contribution >= 0.6 is 0 Å². The number of H-pyrrole nitrogens is 1. The largest absolute Gasteiger partial charge is 0.381 e. The van der Waals surface area contributed by atoms with Gasteiger partial charge < -0.3 is 15.0 Å². The van der Waals surface area contributed by atoms with Gasteiger partial charge in [0.2, 0.25) is 5.91 Å². The molecule has 1 saturated heterocycles. The van der Waals surface area contributed by atoms with Crippen molar-refractivity contribution in [3.63, 3.8) is 0 Å². The van der Waals surface area contributed by atoms with E-state index in [1.165, 1.54) is 11.6 Å². The Morgan fingerprint density at radius 1 is 1.16 bits per heavy atom. The molecule has 4 rings (SSSR count). The van der Waals surface area contributed by atoms with Crippen LogP contribution in [0.5, 0.6) is 0 Å². The average Bonchev–Trinajstić information content (AvgIpc) is 3.24. The Hall–Kier alpha value is -3.20. The van der Waals surface area contributed by atoms with Crippen molar-refractivity contribution in [3.8, 4) is 0 Å². The molecule has 1 amide bonds. The number of ether oxygens (including phenoxy) is 1. The Morgan fingerprint density at radius 3 is 2.53 bits per heavy atom. The molecule has 0 radical (unpaired) electrons. The molecule has 1 fully saturated rings. The lowest BCUT2D eigenvalue weighted by Gasteiger charge is -2.36. The van der Waals surface area contributed by atoms with Crippen molar-refractivity contribution in [1.29, 1.82) is 0 Å². The Labute approximate surface area is 185 Å². The summed E-state index contributed by atoms with van der Waals surface area (Å²) in [5, 5.41) is 3.09. The number of aromatic nitrogens is 4. The van der Waals surface area contributed by atoms with E-state index in [1.54, 1.807) is 7.05 Å².